The molecule has 0 aromatic heterocycles. The van der Waals surface area contributed by atoms with Gasteiger partial charge >= 0.3 is 5.97 Å². The standard InChI is InChI=1S/C47H78O14/c1-24(40(50)25(2)18-28(5)43(51)52)17-26(3)41-32(9)34(49)21-45(59-41)22-38(56-39-16-14-35(54-12)33(10)55-39)44(11,61-45)37-15-13-29(6)47(58-37)31(8)20-36(57-47)42-27(4)19-30(7)46(53,23-48)60-42/h17,25-39,41-42,48-49,53H,13-16,18-23H2,1-12H3,(H,51,52)/b24-17+/t25-,26+,27+,28+,29-,30-,31+,32-,33-,34+,35+,36-,37-,38-,39+,41-,42+,44+,45+,46+,47-/m1/s1. The van der Waals surface area contributed by atoms with Crippen LogP contribution in [0.5, 0.6) is 0 Å². The van der Waals surface area contributed by atoms with Gasteiger partial charge in [-0.1, -0.05) is 61.5 Å². The van der Waals surface area contributed by atoms with Crippen molar-refractivity contribution in [3.05, 3.63) is 11.6 Å². The second-order valence-corrected chi connectivity index (χ2v) is 20.6. The van der Waals surface area contributed by atoms with E-state index >= 15 is 0 Å². The lowest BCUT2D eigenvalue weighted by Crippen LogP contribution is -2.61. The van der Waals surface area contributed by atoms with Crippen molar-refractivity contribution in [3.63, 3.8) is 0 Å². The van der Waals surface area contributed by atoms with Crippen LogP contribution in [-0.2, 0) is 47.5 Å². The van der Waals surface area contributed by atoms with Gasteiger partial charge in [0, 0.05) is 61.9 Å². The van der Waals surface area contributed by atoms with E-state index in [1.807, 2.05) is 40.7 Å². The van der Waals surface area contributed by atoms with Crippen molar-refractivity contribution in [1.82, 2.24) is 0 Å². The van der Waals surface area contributed by atoms with E-state index in [9.17, 15) is 30.0 Å². The fraction of sp³-hybridized carbons (Fsp3) is 0.915. The molecule has 0 unspecified atom stereocenters. The molecular weight excluding hydrogens is 789 g/mol. The molecular formula is C47H78O14. The molecule has 350 valence electrons. The molecule has 0 aromatic rings. The Morgan fingerprint density at radius 2 is 1.59 bits per heavy atom. The van der Waals surface area contributed by atoms with Crippen molar-refractivity contribution in [1.29, 1.82) is 0 Å². The van der Waals surface area contributed by atoms with Gasteiger partial charge in [0.1, 0.15) is 5.60 Å². The van der Waals surface area contributed by atoms with E-state index in [0.717, 1.165) is 12.8 Å². The van der Waals surface area contributed by atoms with Gasteiger partial charge in [0.2, 0.25) is 0 Å². The maximum Gasteiger partial charge on any atom is 0.306 e. The van der Waals surface area contributed by atoms with Gasteiger partial charge in [0.25, 0.3) is 0 Å². The van der Waals surface area contributed by atoms with Crippen molar-refractivity contribution in [3.8, 4) is 0 Å². The summed E-state index contributed by atoms with van der Waals surface area (Å²) in [7, 11) is 1.69. The van der Waals surface area contributed by atoms with Crippen LogP contribution in [0.2, 0.25) is 0 Å². The number of hydrogen-bond acceptors (Lipinski definition) is 13. The summed E-state index contributed by atoms with van der Waals surface area (Å²) in [4.78, 5) is 24.9. The molecule has 0 aromatic carbocycles. The highest BCUT2D eigenvalue weighted by Gasteiger charge is 2.66. The van der Waals surface area contributed by atoms with E-state index < -0.39 is 84.2 Å². The first-order chi connectivity index (χ1) is 28.5. The van der Waals surface area contributed by atoms with E-state index in [1.54, 1.807) is 27.9 Å². The fourth-order valence-electron chi connectivity index (χ4n) is 11.8. The predicted octanol–water partition coefficient (Wildman–Crippen LogP) is 6.15. The molecule has 0 bridgehead atoms. The molecule has 6 heterocycles. The zero-order valence-corrected chi connectivity index (χ0v) is 38.8. The van der Waals surface area contributed by atoms with E-state index in [1.165, 1.54) is 0 Å². The molecule has 6 fully saturated rings. The Balaban J connectivity index is 1.27. The number of aliphatic hydroxyl groups is 3. The van der Waals surface area contributed by atoms with Crippen LogP contribution < -0.4 is 0 Å². The first-order valence-corrected chi connectivity index (χ1v) is 23.2. The first kappa shape index (κ1) is 48.9. The van der Waals surface area contributed by atoms with Crippen molar-refractivity contribution in [2.45, 2.75) is 212 Å². The number of rotatable bonds is 13. The maximum absolute atomic E-state index is 13.4. The van der Waals surface area contributed by atoms with Crippen LogP contribution in [0.1, 0.15) is 134 Å². The number of carboxylic acid groups (broad SMARTS) is 1. The topological polar surface area (TPSA) is 189 Å². The van der Waals surface area contributed by atoms with Crippen molar-refractivity contribution in [2.75, 3.05) is 13.7 Å². The van der Waals surface area contributed by atoms with E-state index in [-0.39, 0.29) is 72.4 Å². The maximum atomic E-state index is 13.4. The number of ether oxygens (including phenoxy) is 8. The summed E-state index contributed by atoms with van der Waals surface area (Å²) in [5.74, 6) is -6.78. The molecule has 14 nitrogen and oxygen atoms in total. The third-order valence-corrected chi connectivity index (χ3v) is 15.8. The van der Waals surface area contributed by atoms with E-state index in [0.29, 0.717) is 37.7 Å². The van der Waals surface area contributed by atoms with Crippen LogP contribution in [0.4, 0.5) is 0 Å². The highest BCUT2D eigenvalue weighted by atomic mass is 16.8. The third-order valence-electron chi connectivity index (χ3n) is 15.8. The number of carboxylic acids is 1. The number of allylic oxidation sites excluding steroid dienone is 1. The smallest absolute Gasteiger partial charge is 0.306 e. The van der Waals surface area contributed by atoms with Crippen LogP contribution in [0.15, 0.2) is 11.6 Å². The van der Waals surface area contributed by atoms with E-state index in [4.69, 9.17) is 37.9 Å². The molecule has 0 amide bonds. The SMILES string of the molecule is CO[C@H]1CC[C@H](O[C@@H]2C[C@]3(C[C@H](O)[C@@H](C)[C@@H]([C@@H](C)/C=C(\C)C(=O)[C@H](C)C[C@H](C)C(=O)O)O3)O[C@@]2(C)[C@H]2CC[C@@H](C)[C@@]3(O[C@@H]([C@H]4O[C@@](O)(CO)[C@H](C)C[C@@H]4C)C[C@@H]3C)O2)O[C@@H]1C. The second kappa shape index (κ2) is 18.7. The quantitative estimate of drug-likeness (QED) is 0.154. The van der Waals surface area contributed by atoms with Gasteiger partial charge in [-0.25, -0.2) is 0 Å². The third kappa shape index (κ3) is 9.57. The monoisotopic (exact) mass is 867 g/mol. The van der Waals surface area contributed by atoms with Crippen molar-refractivity contribution < 1.29 is 67.9 Å². The van der Waals surface area contributed by atoms with Crippen LogP contribution in [0.3, 0.4) is 0 Å². The highest BCUT2D eigenvalue weighted by Crippen LogP contribution is 2.57. The number of aliphatic hydroxyl groups excluding tert-OH is 2. The fourth-order valence-corrected chi connectivity index (χ4v) is 11.8. The number of methoxy groups -OCH3 is 1. The largest absolute Gasteiger partial charge is 0.481 e. The summed E-state index contributed by atoms with van der Waals surface area (Å²) >= 11 is 0. The van der Waals surface area contributed by atoms with Crippen molar-refractivity contribution in [2.24, 2.45) is 47.3 Å². The summed E-state index contributed by atoms with van der Waals surface area (Å²) in [6.45, 7) is 20.9. The molecule has 6 rings (SSSR count). The number of ketones is 1. The first-order valence-electron chi connectivity index (χ1n) is 23.2. The van der Waals surface area contributed by atoms with Gasteiger partial charge in [-0.3, -0.25) is 9.59 Å². The molecule has 6 aliphatic heterocycles. The number of carbonyl (C=O) groups excluding carboxylic acids is 1. The second-order valence-electron chi connectivity index (χ2n) is 20.6. The predicted molar refractivity (Wildman–Crippen MR) is 224 cm³/mol. The Morgan fingerprint density at radius 3 is 2.23 bits per heavy atom. The molecule has 6 saturated heterocycles. The summed E-state index contributed by atoms with van der Waals surface area (Å²) in [5.41, 5.74) is -0.548. The Labute approximate surface area is 363 Å². The highest BCUT2D eigenvalue weighted by molar-refractivity contribution is 5.96. The van der Waals surface area contributed by atoms with Crippen LogP contribution in [0.25, 0.3) is 0 Å². The van der Waals surface area contributed by atoms with Gasteiger partial charge < -0.3 is 58.3 Å². The van der Waals surface area contributed by atoms with Gasteiger partial charge in [0.15, 0.2) is 29.4 Å². The van der Waals surface area contributed by atoms with Crippen LogP contribution in [0, 0.1) is 47.3 Å². The molecule has 4 N–H and O–H groups in total. The normalized spacial score (nSPS) is 48.6. The van der Waals surface area contributed by atoms with Gasteiger partial charge in [-0.2, -0.15) is 0 Å². The Bertz CT molecular complexity index is 1570. The lowest BCUT2D eigenvalue weighted by molar-refractivity contribution is -0.378. The summed E-state index contributed by atoms with van der Waals surface area (Å²) in [6.07, 6.45) is 2.84. The van der Waals surface area contributed by atoms with Gasteiger partial charge in [-0.05, 0) is 70.8 Å². The average molecular weight is 867 g/mol. The molecule has 6 aliphatic rings. The molecule has 61 heavy (non-hydrogen) atoms. The molecule has 21 atom stereocenters. The van der Waals surface area contributed by atoms with Gasteiger partial charge in [0.05, 0.1) is 61.4 Å². The molecule has 14 heteroatoms. The summed E-state index contributed by atoms with van der Waals surface area (Å²) in [6, 6.07) is 0. The van der Waals surface area contributed by atoms with E-state index in [2.05, 4.69) is 20.8 Å². The Hall–Kier alpha value is -1.56. The summed E-state index contributed by atoms with van der Waals surface area (Å²) in [5, 5.41) is 42.6. The number of Topliss-reactive ketones (excluding diaryl/α,β-unsaturated/α-hetero) is 1. The van der Waals surface area contributed by atoms with Crippen LogP contribution in [-0.4, -0.2) is 124 Å². The lowest BCUT2D eigenvalue weighted by atomic mass is 9.77. The minimum absolute atomic E-state index is 0.0248. The average Bonchev–Trinajstić information content (AvgIpc) is 3.67. The number of carbonyl (C=O) groups is 2. The van der Waals surface area contributed by atoms with Gasteiger partial charge in [-0.15, -0.1) is 0 Å². The molecule has 0 saturated carbocycles. The molecule has 0 aliphatic carbocycles. The molecule has 0 radical (unpaired) electrons. The molecule has 2 spiro atoms. The Kier molecular flexibility index (Phi) is 15.0. The Morgan fingerprint density at radius 1 is 0.885 bits per heavy atom. The number of hydrogen-bond donors (Lipinski definition) is 4. The zero-order chi connectivity index (χ0) is 45.0. The minimum Gasteiger partial charge on any atom is -0.481 e. The zero-order valence-electron chi connectivity index (χ0n) is 38.8. The minimum atomic E-state index is -1.65. The number of aliphatic carboxylic acids is 1. The summed E-state index contributed by atoms with van der Waals surface area (Å²) < 4.78 is 54.1. The van der Waals surface area contributed by atoms with Crippen molar-refractivity contribution >= 4 is 11.8 Å². The van der Waals surface area contributed by atoms with Crippen LogP contribution >= 0.6 is 0 Å². The lowest BCUT2D eigenvalue weighted by Gasteiger charge is -2.52.